The van der Waals surface area contributed by atoms with Crippen molar-refractivity contribution in [3.05, 3.63) is 42.0 Å². The zero-order valence-corrected chi connectivity index (χ0v) is 6.55. The molecule has 0 aliphatic rings. The summed E-state index contributed by atoms with van der Waals surface area (Å²) in [7, 11) is 1.22. The summed E-state index contributed by atoms with van der Waals surface area (Å²) < 4.78 is 28.8. The molecule has 1 aromatic carbocycles. The van der Waals surface area contributed by atoms with Gasteiger partial charge in [-0.3, -0.25) is 0 Å². The van der Waals surface area contributed by atoms with Crippen LogP contribution in [0.5, 0.6) is 0 Å². The minimum Gasteiger partial charge on any atom is -0.491 e. The van der Waals surface area contributed by atoms with Crippen LogP contribution in [0.15, 0.2) is 36.4 Å². The molecule has 0 saturated carbocycles. The molecule has 0 unspecified atom stereocenters. The van der Waals surface area contributed by atoms with Crippen LogP contribution in [0.3, 0.4) is 0 Å². The molecule has 0 bridgehead atoms. The zero-order chi connectivity index (χ0) is 8.97. The first kappa shape index (κ1) is 8.71. The number of benzene rings is 1. The van der Waals surface area contributed by atoms with Gasteiger partial charge in [0.15, 0.2) is 5.76 Å². The van der Waals surface area contributed by atoms with Gasteiger partial charge in [-0.2, -0.15) is 8.78 Å². The van der Waals surface area contributed by atoms with Crippen molar-refractivity contribution in [3.63, 3.8) is 0 Å². The van der Waals surface area contributed by atoms with Gasteiger partial charge in [0.05, 0.1) is 7.11 Å². The van der Waals surface area contributed by atoms with Crippen LogP contribution in [0.25, 0.3) is 5.76 Å². The van der Waals surface area contributed by atoms with Crippen molar-refractivity contribution in [1.29, 1.82) is 0 Å². The maximum atomic E-state index is 12.1. The molecule has 0 aromatic heterocycles. The fourth-order valence-corrected chi connectivity index (χ4v) is 0.894. The maximum Gasteiger partial charge on any atom is 0.312 e. The van der Waals surface area contributed by atoms with E-state index >= 15 is 0 Å². The summed E-state index contributed by atoms with van der Waals surface area (Å²) in [6.07, 6.45) is -1.80. The van der Waals surface area contributed by atoms with Gasteiger partial charge in [-0.25, -0.2) is 0 Å². The number of methoxy groups -OCH3 is 1. The fraction of sp³-hybridized carbons (Fsp3) is 0.111. The van der Waals surface area contributed by atoms with Crippen molar-refractivity contribution in [2.24, 2.45) is 0 Å². The first-order valence-corrected chi connectivity index (χ1v) is 3.40. The second-order valence-corrected chi connectivity index (χ2v) is 2.16. The molecular formula is C9H8F2O. The van der Waals surface area contributed by atoms with Gasteiger partial charge in [0.25, 0.3) is 0 Å². The van der Waals surface area contributed by atoms with Gasteiger partial charge in [0, 0.05) is 5.56 Å². The topological polar surface area (TPSA) is 9.23 Å². The highest BCUT2D eigenvalue weighted by atomic mass is 19.3. The Kier molecular flexibility index (Phi) is 2.80. The van der Waals surface area contributed by atoms with E-state index in [2.05, 4.69) is 4.74 Å². The van der Waals surface area contributed by atoms with E-state index in [0.717, 1.165) is 0 Å². The second kappa shape index (κ2) is 3.85. The third-order valence-electron chi connectivity index (χ3n) is 1.41. The van der Waals surface area contributed by atoms with E-state index in [1.165, 1.54) is 7.11 Å². The van der Waals surface area contributed by atoms with Gasteiger partial charge in [-0.15, -0.1) is 0 Å². The van der Waals surface area contributed by atoms with Crippen molar-refractivity contribution < 1.29 is 13.5 Å². The van der Waals surface area contributed by atoms with Gasteiger partial charge < -0.3 is 4.74 Å². The predicted octanol–water partition coefficient (Wildman–Crippen LogP) is 2.90. The number of halogens is 2. The minimum atomic E-state index is -1.80. The molecule has 12 heavy (non-hydrogen) atoms. The van der Waals surface area contributed by atoms with Gasteiger partial charge in [0.1, 0.15) is 0 Å². The van der Waals surface area contributed by atoms with E-state index in [9.17, 15) is 8.78 Å². The van der Waals surface area contributed by atoms with Gasteiger partial charge in [-0.05, 0) is 0 Å². The van der Waals surface area contributed by atoms with Crippen LogP contribution >= 0.6 is 0 Å². The van der Waals surface area contributed by atoms with Gasteiger partial charge in [0.2, 0.25) is 0 Å². The quantitative estimate of drug-likeness (QED) is 0.620. The molecule has 0 aliphatic carbocycles. The Bertz CT molecular complexity index is 276. The normalized spacial score (nSPS) is 9.25. The van der Waals surface area contributed by atoms with E-state index in [1.807, 2.05) is 0 Å². The third-order valence-corrected chi connectivity index (χ3v) is 1.41. The molecule has 3 heteroatoms. The standard InChI is InChI=1S/C9H8F2O/c1-12-8(9(10)11)7-5-3-2-4-6-7/h2-6H,1H3. The summed E-state index contributed by atoms with van der Waals surface area (Å²) in [5.41, 5.74) is 0.389. The SMILES string of the molecule is COC(=C(F)F)c1ccccc1. The first-order valence-electron chi connectivity index (χ1n) is 3.40. The lowest BCUT2D eigenvalue weighted by molar-refractivity contribution is 0.322. The predicted molar refractivity (Wildman–Crippen MR) is 42.6 cm³/mol. The van der Waals surface area contributed by atoms with Crippen LogP contribution in [0.4, 0.5) is 8.78 Å². The number of rotatable bonds is 2. The maximum absolute atomic E-state index is 12.1. The molecule has 1 aromatic rings. The molecule has 0 N–H and O–H groups in total. The van der Waals surface area contributed by atoms with E-state index in [-0.39, 0.29) is 5.76 Å². The van der Waals surface area contributed by atoms with Crippen LogP contribution < -0.4 is 0 Å². The zero-order valence-electron chi connectivity index (χ0n) is 6.55. The Morgan fingerprint density at radius 2 is 1.75 bits per heavy atom. The molecule has 0 spiro atoms. The first-order chi connectivity index (χ1) is 5.75. The van der Waals surface area contributed by atoms with Crippen LogP contribution in [-0.4, -0.2) is 7.11 Å². The van der Waals surface area contributed by atoms with Crippen LogP contribution in [0.1, 0.15) is 5.56 Å². The second-order valence-electron chi connectivity index (χ2n) is 2.16. The summed E-state index contributed by atoms with van der Waals surface area (Å²) in [5, 5.41) is 0. The molecule has 0 fully saturated rings. The summed E-state index contributed by atoms with van der Waals surface area (Å²) in [6, 6.07) is 8.25. The number of hydrogen-bond donors (Lipinski definition) is 0. The Balaban J connectivity index is 3.05. The highest BCUT2D eigenvalue weighted by molar-refractivity contribution is 5.59. The highest BCUT2D eigenvalue weighted by Gasteiger charge is 2.07. The Hall–Kier alpha value is -1.38. The van der Waals surface area contributed by atoms with Gasteiger partial charge in [-0.1, -0.05) is 30.3 Å². The Labute approximate surface area is 69.3 Å². The molecule has 0 saturated heterocycles. The van der Waals surface area contributed by atoms with E-state index < -0.39 is 6.08 Å². The Morgan fingerprint density at radius 3 is 2.17 bits per heavy atom. The van der Waals surface area contributed by atoms with Gasteiger partial charge >= 0.3 is 6.08 Å². The smallest absolute Gasteiger partial charge is 0.312 e. The number of ether oxygens (including phenoxy) is 1. The van der Waals surface area contributed by atoms with Crippen molar-refractivity contribution in [2.45, 2.75) is 0 Å². The lowest BCUT2D eigenvalue weighted by Crippen LogP contribution is -1.87. The van der Waals surface area contributed by atoms with Crippen LogP contribution in [-0.2, 0) is 4.74 Å². The Morgan fingerprint density at radius 1 is 1.17 bits per heavy atom. The number of hydrogen-bond acceptors (Lipinski definition) is 1. The summed E-state index contributed by atoms with van der Waals surface area (Å²) in [6.45, 7) is 0. The third kappa shape index (κ3) is 1.81. The summed E-state index contributed by atoms with van der Waals surface area (Å²) >= 11 is 0. The molecule has 1 rings (SSSR count). The largest absolute Gasteiger partial charge is 0.491 e. The minimum absolute atomic E-state index is 0.365. The molecule has 0 heterocycles. The van der Waals surface area contributed by atoms with Crippen molar-refractivity contribution in [1.82, 2.24) is 0 Å². The molecule has 0 radical (unpaired) electrons. The lowest BCUT2D eigenvalue weighted by Gasteiger charge is -2.03. The summed E-state index contributed by atoms with van der Waals surface area (Å²) in [4.78, 5) is 0. The monoisotopic (exact) mass is 170 g/mol. The van der Waals surface area contributed by atoms with Crippen molar-refractivity contribution >= 4 is 5.76 Å². The molecule has 0 atom stereocenters. The summed E-state index contributed by atoms with van der Waals surface area (Å²) in [5.74, 6) is -0.365. The average molecular weight is 170 g/mol. The average Bonchev–Trinajstić information content (AvgIpc) is 2.07. The van der Waals surface area contributed by atoms with E-state index in [1.54, 1.807) is 30.3 Å². The van der Waals surface area contributed by atoms with Crippen molar-refractivity contribution in [3.8, 4) is 0 Å². The van der Waals surface area contributed by atoms with Crippen LogP contribution in [0, 0.1) is 0 Å². The van der Waals surface area contributed by atoms with E-state index in [4.69, 9.17) is 0 Å². The van der Waals surface area contributed by atoms with Crippen LogP contribution in [0.2, 0.25) is 0 Å². The van der Waals surface area contributed by atoms with E-state index in [0.29, 0.717) is 5.56 Å². The molecule has 0 amide bonds. The molecule has 0 aliphatic heterocycles. The molecule has 1 nitrogen and oxygen atoms in total. The molecular weight excluding hydrogens is 162 g/mol. The highest BCUT2D eigenvalue weighted by Crippen LogP contribution is 2.20. The van der Waals surface area contributed by atoms with Crippen molar-refractivity contribution in [2.75, 3.05) is 7.11 Å². The lowest BCUT2D eigenvalue weighted by atomic mass is 10.2. The fourth-order valence-electron chi connectivity index (χ4n) is 0.894. The molecule has 64 valence electrons.